The van der Waals surface area contributed by atoms with Crippen LogP contribution in [0.1, 0.15) is 5.69 Å². The summed E-state index contributed by atoms with van der Waals surface area (Å²) in [5, 5.41) is 2.89. The quantitative estimate of drug-likeness (QED) is 0.848. The van der Waals surface area contributed by atoms with Crippen LogP contribution < -0.4 is 10.2 Å². The predicted molar refractivity (Wildman–Crippen MR) is 54.2 cm³/mol. The van der Waals surface area contributed by atoms with E-state index >= 15 is 0 Å². The molecule has 1 N–H and O–H groups in total. The van der Waals surface area contributed by atoms with Gasteiger partial charge < -0.3 is 10.2 Å². The highest BCUT2D eigenvalue weighted by Crippen LogP contribution is 2.27. The van der Waals surface area contributed by atoms with Gasteiger partial charge in [-0.3, -0.25) is 0 Å². The van der Waals surface area contributed by atoms with Crippen LogP contribution in [0.2, 0.25) is 0 Å². The molecule has 0 atom stereocenters. The van der Waals surface area contributed by atoms with Gasteiger partial charge in [0.25, 0.3) is 0 Å². The van der Waals surface area contributed by atoms with Gasteiger partial charge in [-0.1, -0.05) is 0 Å². The third-order valence-electron chi connectivity index (χ3n) is 1.97. The van der Waals surface area contributed by atoms with Crippen molar-refractivity contribution in [3.05, 3.63) is 18.0 Å². The second kappa shape index (κ2) is 5.11. The molecule has 1 rings (SSSR count). The first-order valence-electron chi connectivity index (χ1n) is 4.71. The molecule has 0 aliphatic carbocycles. The van der Waals surface area contributed by atoms with Gasteiger partial charge in [-0.25, -0.2) is 9.97 Å². The van der Waals surface area contributed by atoms with E-state index in [2.05, 4.69) is 15.3 Å². The van der Waals surface area contributed by atoms with Crippen LogP contribution >= 0.6 is 0 Å². The first kappa shape index (κ1) is 12.7. The number of hydrogen-bond donors (Lipinski definition) is 1. The zero-order chi connectivity index (χ0) is 12.2. The average molecular weight is 234 g/mol. The highest BCUT2D eigenvalue weighted by atomic mass is 19.4. The standard InChI is InChI=1S/C9H13F3N4/c1-13-5-6-16(2)8-14-4-3-7(15-8)9(10,11)12/h3-4,13H,5-6H2,1-2H3. The first-order valence-corrected chi connectivity index (χ1v) is 4.71. The fourth-order valence-electron chi connectivity index (χ4n) is 1.07. The van der Waals surface area contributed by atoms with E-state index in [-0.39, 0.29) is 5.95 Å². The normalized spacial score (nSPS) is 11.6. The largest absolute Gasteiger partial charge is 0.433 e. The number of aromatic nitrogens is 2. The van der Waals surface area contributed by atoms with Crippen LogP contribution in [0.25, 0.3) is 0 Å². The van der Waals surface area contributed by atoms with Gasteiger partial charge >= 0.3 is 6.18 Å². The van der Waals surface area contributed by atoms with Crippen LogP contribution in [0, 0.1) is 0 Å². The Balaban J connectivity index is 2.82. The Morgan fingerprint density at radius 3 is 2.69 bits per heavy atom. The van der Waals surface area contributed by atoms with Crippen LogP contribution in [0.15, 0.2) is 12.3 Å². The van der Waals surface area contributed by atoms with E-state index in [0.29, 0.717) is 13.1 Å². The monoisotopic (exact) mass is 234 g/mol. The van der Waals surface area contributed by atoms with Crippen LogP contribution in [0.4, 0.5) is 19.1 Å². The maximum atomic E-state index is 12.4. The maximum Gasteiger partial charge on any atom is 0.433 e. The molecule has 1 aromatic heterocycles. The SMILES string of the molecule is CNCCN(C)c1nccc(C(F)(F)F)n1. The van der Waals surface area contributed by atoms with Crippen molar-refractivity contribution in [3.63, 3.8) is 0 Å². The number of alkyl halides is 3. The molecule has 1 aromatic rings. The Hall–Kier alpha value is -1.37. The number of hydrogen-bond acceptors (Lipinski definition) is 4. The highest BCUT2D eigenvalue weighted by Gasteiger charge is 2.33. The molecule has 0 bridgehead atoms. The molecular weight excluding hydrogens is 221 g/mol. The first-order chi connectivity index (χ1) is 7.45. The molecule has 0 amide bonds. The molecule has 0 aliphatic heterocycles. The number of rotatable bonds is 4. The number of nitrogens with zero attached hydrogens (tertiary/aromatic N) is 3. The van der Waals surface area contributed by atoms with Gasteiger partial charge in [0.2, 0.25) is 5.95 Å². The molecule has 4 nitrogen and oxygen atoms in total. The molecule has 0 unspecified atom stereocenters. The lowest BCUT2D eigenvalue weighted by atomic mass is 10.4. The Morgan fingerprint density at radius 1 is 1.44 bits per heavy atom. The number of halogens is 3. The van der Waals surface area contributed by atoms with Gasteiger partial charge in [-0.2, -0.15) is 13.2 Å². The second-order valence-corrected chi connectivity index (χ2v) is 3.26. The van der Waals surface area contributed by atoms with Crippen LogP contribution in [-0.2, 0) is 6.18 Å². The third-order valence-corrected chi connectivity index (χ3v) is 1.97. The van der Waals surface area contributed by atoms with Crippen molar-refractivity contribution in [1.82, 2.24) is 15.3 Å². The minimum absolute atomic E-state index is 0.0741. The minimum Gasteiger partial charge on any atom is -0.343 e. The molecule has 1 heterocycles. The van der Waals surface area contributed by atoms with E-state index in [4.69, 9.17) is 0 Å². The predicted octanol–water partition coefficient (Wildman–Crippen LogP) is 1.15. The van der Waals surface area contributed by atoms with Crippen molar-refractivity contribution in [2.75, 3.05) is 32.1 Å². The smallest absolute Gasteiger partial charge is 0.343 e. The molecule has 0 aliphatic rings. The number of anilines is 1. The van der Waals surface area contributed by atoms with Gasteiger partial charge in [0.05, 0.1) is 0 Å². The Bertz CT molecular complexity index is 340. The molecule has 0 saturated carbocycles. The van der Waals surface area contributed by atoms with Gasteiger partial charge in [0.1, 0.15) is 5.69 Å². The van der Waals surface area contributed by atoms with Crippen molar-refractivity contribution < 1.29 is 13.2 Å². The summed E-state index contributed by atoms with van der Waals surface area (Å²) in [6.07, 6.45) is -3.32. The molecule has 0 spiro atoms. The summed E-state index contributed by atoms with van der Waals surface area (Å²) in [6, 6.07) is 0.857. The van der Waals surface area contributed by atoms with E-state index in [0.717, 1.165) is 12.3 Å². The summed E-state index contributed by atoms with van der Waals surface area (Å²) in [5.74, 6) is 0.0741. The summed E-state index contributed by atoms with van der Waals surface area (Å²) < 4.78 is 37.1. The highest BCUT2D eigenvalue weighted by molar-refractivity contribution is 5.29. The van der Waals surface area contributed by atoms with Crippen molar-refractivity contribution in [2.45, 2.75) is 6.18 Å². The van der Waals surface area contributed by atoms with Gasteiger partial charge in [-0.05, 0) is 13.1 Å². The third kappa shape index (κ3) is 3.34. The molecular formula is C9H13F3N4. The number of nitrogens with one attached hydrogen (secondary N) is 1. The van der Waals surface area contributed by atoms with Crippen molar-refractivity contribution in [3.8, 4) is 0 Å². The van der Waals surface area contributed by atoms with Crippen LogP contribution in [0.5, 0.6) is 0 Å². The number of likely N-dealkylation sites (N-methyl/N-ethyl adjacent to an activating group) is 2. The summed E-state index contributed by atoms with van der Waals surface area (Å²) in [4.78, 5) is 8.81. The molecule has 90 valence electrons. The summed E-state index contributed by atoms with van der Waals surface area (Å²) in [5.41, 5.74) is -0.922. The second-order valence-electron chi connectivity index (χ2n) is 3.26. The van der Waals surface area contributed by atoms with Crippen molar-refractivity contribution >= 4 is 5.95 Å². The zero-order valence-corrected chi connectivity index (χ0v) is 9.04. The van der Waals surface area contributed by atoms with Gasteiger partial charge in [-0.15, -0.1) is 0 Å². The van der Waals surface area contributed by atoms with Gasteiger partial charge in [0.15, 0.2) is 0 Å². The molecule has 7 heteroatoms. The van der Waals surface area contributed by atoms with E-state index in [1.807, 2.05) is 0 Å². The Morgan fingerprint density at radius 2 is 2.12 bits per heavy atom. The van der Waals surface area contributed by atoms with E-state index < -0.39 is 11.9 Å². The lowest BCUT2D eigenvalue weighted by Crippen LogP contribution is -2.29. The lowest BCUT2D eigenvalue weighted by Gasteiger charge is -2.17. The topological polar surface area (TPSA) is 41.0 Å². The Labute approximate surface area is 91.5 Å². The van der Waals surface area contributed by atoms with Crippen LogP contribution in [0.3, 0.4) is 0 Å². The zero-order valence-electron chi connectivity index (χ0n) is 9.04. The van der Waals surface area contributed by atoms with Gasteiger partial charge in [0, 0.05) is 26.3 Å². The molecule has 0 radical (unpaired) electrons. The molecule has 0 fully saturated rings. The van der Waals surface area contributed by atoms with E-state index in [1.165, 1.54) is 0 Å². The lowest BCUT2D eigenvalue weighted by molar-refractivity contribution is -0.141. The van der Waals surface area contributed by atoms with Crippen LogP contribution in [-0.4, -0.2) is 37.2 Å². The summed E-state index contributed by atoms with van der Waals surface area (Å²) >= 11 is 0. The summed E-state index contributed by atoms with van der Waals surface area (Å²) in [7, 11) is 3.41. The fraction of sp³-hybridized carbons (Fsp3) is 0.556. The van der Waals surface area contributed by atoms with Crippen molar-refractivity contribution in [2.24, 2.45) is 0 Å². The fourth-order valence-corrected chi connectivity index (χ4v) is 1.07. The Kier molecular flexibility index (Phi) is 4.05. The minimum atomic E-state index is -4.43. The van der Waals surface area contributed by atoms with E-state index in [9.17, 15) is 13.2 Å². The van der Waals surface area contributed by atoms with E-state index in [1.54, 1.807) is 19.0 Å². The molecule has 16 heavy (non-hydrogen) atoms. The molecule has 0 aromatic carbocycles. The maximum absolute atomic E-state index is 12.4. The molecule has 0 saturated heterocycles. The summed E-state index contributed by atoms with van der Waals surface area (Å²) in [6.45, 7) is 1.19. The average Bonchev–Trinajstić information content (AvgIpc) is 2.25. The van der Waals surface area contributed by atoms with Crippen molar-refractivity contribution in [1.29, 1.82) is 0 Å².